The molecule has 1 aromatic carbocycles. The molecule has 1 aliphatic heterocycles. The van der Waals surface area contributed by atoms with Crippen molar-refractivity contribution in [2.45, 2.75) is 30.6 Å². The molecule has 1 aliphatic rings. The summed E-state index contributed by atoms with van der Waals surface area (Å²) in [6.45, 7) is 1.03. The van der Waals surface area contributed by atoms with Crippen LogP contribution in [0.1, 0.15) is 25.7 Å². The molecule has 1 fully saturated rings. The van der Waals surface area contributed by atoms with Crippen LogP contribution in [0.5, 0.6) is 0 Å². The van der Waals surface area contributed by atoms with E-state index in [9.17, 15) is 22.8 Å². The Labute approximate surface area is 169 Å². The maximum Gasteiger partial charge on any atom is 0.330 e. The molecule has 0 unspecified atom stereocenters. The summed E-state index contributed by atoms with van der Waals surface area (Å²) in [6.07, 6.45) is 4.00. The van der Waals surface area contributed by atoms with Crippen LogP contribution in [0.2, 0.25) is 0 Å². The quantitative estimate of drug-likeness (QED) is 0.703. The van der Waals surface area contributed by atoms with E-state index in [-0.39, 0.29) is 22.7 Å². The highest BCUT2D eigenvalue weighted by molar-refractivity contribution is 7.89. The Hall–Kier alpha value is -2.46. The minimum absolute atomic E-state index is 0.0908. The Balaban J connectivity index is 1.92. The molecular formula is C19H26N4O5S. The van der Waals surface area contributed by atoms with E-state index in [2.05, 4.69) is 0 Å². The fraction of sp³-hybridized carbons (Fsp3) is 0.526. The predicted octanol–water partition coefficient (Wildman–Crippen LogP) is 0.260. The molecule has 2 aromatic rings. The number of benzene rings is 1. The fourth-order valence-electron chi connectivity index (χ4n) is 3.61. The van der Waals surface area contributed by atoms with Crippen LogP contribution in [-0.2, 0) is 28.9 Å². The topological polar surface area (TPSA) is 102 Å². The lowest BCUT2D eigenvalue weighted by molar-refractivity contribution is -0.131. The SMILES string of the molecule is CN(CC(=O)N1CCCCCC1)S(=O)(=O)c1ccc2c(c1)c(=O)n(C)c(=O)n2C. The average Bonchev–Trinajstić information content (AvgIpc) is 2.99. The normalized spacial score (nSPS) is 15.7. The average molecular weight is 423 g/mol. The van der Waals surface area contributed by atoms with E-state index in [0.29, 0.717) is 18.6 Å². The lowest BCUT2D eigenvalue weighted by Gasteiger charge is -2.24. The first-order valence-electron chi connectivity index (χ1n) is 9.58. The van der Waals surface area contributed by atoms with Gasteiger partial charge in [0.05, 0.1) is 22.3 Å². The second-order valence-electron chi connectivity index (χ2n) is 7.44. The molecule has 0 bridgehead atoms. The molecule has 1 amide bonds. The third kappa shape index (κ3) is 3.99. The van der Waals surface area contributed by atoms with E-state index in [1.165, 1.54) is 43.9 Å². The molecule has 2 heterocycles. The molecular weight excluding hydrogens is 396 g/mol. The third-order valence-corrected chi connectivity index (χ3v) is 7.26. The van der Waals surface area contributed by atoms with Gasteiger partial charge in [-0.2, -0.15) is 4.31 Å². The number of hydrogen-bond donors (Lipinski definition) is 0. The Morgan fingerprint density at radius 1 is 1.03 bits per heavy atom. The zero-order chi connectivity index (χ0) is 21.3. The zero-order valence-corrected chi connectivity index (χ0v) is 17.7. The van der Waals surface area contributed by atoms with Crippen molar-refractivity contribution in [1.29, 1.82) is 0 Å². The number of likely N-dealkylation sites (tertiary alicyclic amines) is 1. The highest BCUT2D eigenvalue weighted by atomic mass is 32.2. The van der Waals surface area contributed by atoms with Gasteiger partial charge < -0.3 is 4.90 Å². The second kappa shape index (κ2) is 8.11. The van der Waals surface area contributed by atoms with Crippen molar-refractivity contribution in [1.82, 2.24) is 18.3 Å². The smallest absolute Gasteiger partial charge is 0.330 e. The van der Waals surface area contributed by atoms with Gasteiger partial charge in [0.15, 0.2) is 0 Å². The van der Waals surface area contributed by atoms with E-state index < -0.39 is 21.3 Å². The van der Waals surface area contributed by atoms with Gasteiger partial charge in [0.1, 0.15) is 0 Å². The van der Waals surface area contributed by atoms with Crippen LogP contribution >= 0.6 is 0 Å². The van der Waals surface area contributed by atoms with Gasteiger partial charge in [0.2, 0.25) is 15.9 Å². The lowest BCUT2D eigenvalue weighted by atomic mass is 10.2. The molecule has 29 heavy (non-hydrogen) atoms. The molecule has 0 radical (unpaired) electrons. The summed E-state index contributed by atoms with van der Waals surface area (Å²) < 4.78 is 29.2. The van der Waals surface area contributed by atoms with Gasteiger partial charge in [-0.25, -0.2) is 13.2 Å². The van der Waals surface area contributed by atoms with E-state index in [1.54, 1.807) is 4.90 Å². The van der Waals surface area contributed by atoms with Crippen molar-refractivity contribution in [2.24, 2.45) is 14.1 Å². The summed E-state index contributed by atoms with van der Waals surface area (Å²) in [4.78, 5) is 38.7. The number of carbonyl (C=O) groups excluding carboxylic acids is 1. The molecule has 1 saturated heterocycles. The van der Waals surface area contributed by atoms with Crippen molar-refractivity contribution in [2.75, 3.05) is 26.7 Å². The Bertz CT molecular complexity index is 1160. The molecule has 158 valence electrons. The number of likely N-dealkylation sites (N-methyl/N-ethyl adjacent to an activating group) is 1. The number of nitrogens with zero attached hydrogens (tertiary/aromatic N) is 4. The molecule has 0 aliphatic carbocycles. The van der Waals surface area contributed by atoms with E-state index in [0.717, 1.165) is 34.6 Å². The van der Waals surface area contributed by atoms with Crippen molar-refractivity contribution < 1.29 is 13.2 Å². The first kappa shape index (κ1) is 21.3. The highest BCUT2D eigenvalue weighted by Crippen LogP contribution is 2.19. The molecule has 1 aromatic heterocycles. The summed E-state index contributed by atoms with van der Waals surface area (Å²) >= 11 is 0. The van der Waals surface area contributed by atoms with E-state index in [1.807, 2.05) is 0 Å². The lowest BCUT2D eigenvalue weighted by Crippen LogP contribution is -2.41. The summed E-state index contributed by atoms with van der Waals surface area (Å²) in [5, 5.41) is 0.128. The zero-order valence-electron chi connectivity index (χ0n) is 16.9. The monoisotopic (exact) mass is 422 g/mol. The van der Waals surface area contributed by atoms with Gasteiger partial charge in [-0.15, -0.1) is 0 Å². The van der Waals surface area contributed by atoms with Gasteiger partial charge in [-0.3, -0.25) is 18.7 Å². The van der Waals surface area contributed by atoms with Crippen LogP contribution in [-0.4, -0.2) is 59.3 Å². The summed E-state index contributed by atoms with van der Waals surface area (Å²) in [5.41, 5.74) is -0.706. The van der Waals surface area contributed by atoms with Gasteiger partial charge in [-0.05, 0) is 31.0 Å². The number of amides is 1. The first-order valence-corrected chi connectivity index (χ1v) is 11.0. The number of aromatic nitrogens is 2. The Kier molecular flexibility index (Phi) is 5.95. The molecule has 0 spiro atoms. The van der Waals surface area contributed by atoms with Crippen LogP contribution in [0.4, 0.5) is 0 Å². The molecule has 9 nitrogen and oxygen atoms in total. The number of sulfonamides is 1. The van der Waals surface area contributed by atoms with Gasteiger partial charge in [0, 0.05) is 34.2 Å². The van der Waals surface area contributed by atoms with Crippen molar-refractivity contribution in [3.63, 3.8) is 0 Å². The standard InChI is InChI=1S/C19H26N4O5S/c1-20(13-17(24)23-10-6-4-5-7-11-23)29(27,28)14-8-9-16-15(12-14)18(25)22(3)19(26)21(16)2/h8-9,12H,4-7,10-11,13H2,1-3H3. The Morgan fingerprint density at radius 3 is 2.28 bits per heavy atom. The maximum absolute atomic E-state index is 13.0. The van der Waals surface area contributed by atoms with Gasteiger partial charge in [0.25, 0.3) is 5.56 Å². The third-order valence-electron chi connectivity index (χ3n) is 5.46. The molecule has 0 N–H and O–H groups in total. The van der Waals surface area contributed by atoms with Gasteiger partial charge in [-0.1, -0.05) is 12.8 Å². The van der Waals surface area contributed by atoms with E-state index >= 15 is 0 Å². The van der Waals surface area contributed by atoms with Crippen molar-refractivity contribution in [3.05, 3.63) is 39.0 Å². The summed E-state index contributed by atoms with van der Waals surface area (Å²) in [5.74, 6) is -0.225. The van der Waals surface area contributed by atoms with Crippen LogP contribution in [0.3, 0.4) is 0 Å². The largest absolute Gasteiger partial charge is 0.342 e. The van der Waals surface area contributed by atoms with Crippen LogP contribution in [0, 0.1) is 0 Å². The van der Waals surface area contributed by atoms with E-state index in [4.69, 9.17) is 0 Å². The molecule has 0 atom stereocenters. The molecule has 3 rings (SSSR count). The minimum Gasteiger partial charge on any atom is -0.342 e. The highest BCUT2D eigenvalue weighted by Gasteiger charge is 2.26. The summed E-state index contributed by atoms with van der Waals surface area (Å²) in [6, 6.07) is 4.05. The fourth-order valence-corrected chi connectivity index (χ4v) is 4.76. The van der Waals surface area contributed by atoms with Crippen LogP contribution in [0.15, 0.2) is 32.7 Å². The minimum atomic E-state index is -3.98. The predicted molar refractivity (Wildman–Crippen MR) is 109 cm³/mol. The first-order chi connectivity index (χ1) is 13.6. The second-order valence-corrected chi connectivity index (χ2v) is 9.49. The number of fused-ring (bicyclic) bond motifs is 1. The van der Waals surface area contributed by atoms with Crippen molar-refractivity contribution in [3.8, 4) is 0 Å². The maximum atomic E-state index is 13.0. The van der Waals surface area contributed by atoms with Gasteiger partial charge >= 0.3 is 5.69 Å². The molecule has 0 saturated carbocycles. The number of aryl methyl sites for hydroxylation is 1. The number of rotatable bonds is 4. The van der Waals surface area contributed by atoms with Crippen LogP contribution < -0.4 is 11.2 Å². The van der Waals surface area contributed by atoms with Crippen molar-refractivity contribution >= 4 is 26.8 Å². The van der Waals surface area contributed by atoms with Crippen LogP contribution in [0.25, 0.3) is 10.9 Å². The number of carbonyl (C=O) groups is 1. The molecule has 10 heteroatoms. The Morgan fingerprint density at radius 2 is 1.66 bits per heavy atom. The number of hydrogen-bond acceptors (Lipinski definition) is 5. The summed E-state index contributed by atoms with van der Waals surface area (Å²) in [7, 11) is 0.242.